The van der Waals surface area contributed by atoms with Crippen LogP contribution in [0.3, 0.4) is 0 Å². The van der Waals surface area contributed by atoms with Crippen molar-refractivity contribution in [3.05, 3.63) is 35.4 Å². The Morgan fingerprint density at radius 1 is 1.45 bits per heavy atom. The Morgan fingerprint density at radius 2 is 2.20 bits per heavy atom. The Hall–Kier alpha value is -1.60. The van der Waals surface area contributed by atoms with E-state index in [0.717, 1.165) is 12.1 Å². The molecule has 7 heteroatoms. The third-order valence-electron chi connectivity index (χ3n) is 2.86. The minimum Gasteiger partial charge on any atom is -0.469 e. The van der Waals surface area contributed by atoms with Crippen molar-refractivity contribution in [2.75, 3.05) is 13.7 Å². The molecule has 1 aromatic rings. The van der Waals surface area contributed by atoms with Crippen molar-refractivity contribution in [2.45, 2.75) is 25.0 Å². The van der Waals surface area contributed by atoms with E-state index >= 15 is 0 Å². The molecule has 0 saturated carbocycles. The number of hydrogen-bond acceptors (Lipinski definition) is 4. The number of carbonyl (C=O) groups excluding carboxylic acids is 1. The van der Waals surface area contributed by atoms with Gasteiger partial charge in [0.05, 0.1) is 31.8 Å². The molecule has 1 aromatic carbocycles. The highest BCUT2D eigenvalue weighted by molar-refractivity contribution is 5.69. The highest BCUT2D eigenvalue weighted by Gasteiger charge is 2.33. The van der Waals surface area contributed by atoms with E-state index in [-0.39, 0.29) is 18.6 Å². The molecule has 0 aliphatic carbocycles. The van der Waals surface area contributed by atoms with Crippen LogP contribution in [0.4, 0.5) is 13.2 Å². The minimum atomic E-state index is -4.42. The number of hydrogen-bond donors (Lipinski definition) is 0. The van der Waals surface area contributed by atoms with Gasteiger partial charge in [-0.2, -0.15) is 13.2 Å². The maximum absolute atomic E-state index is 12.6. The summed E-state index contributed by atoms with van der Waals surface area (Å²) < 4.78 is 53.0. The Bertz CT molecular complexity index is 487. The monoisotopic (exact) mass is 290 g/mol. The number of rotatable bonds is 3. The van der Waals surface area contributed by atoms with Crippen LogP contribution in [0.1, 0.15) is 23.8 Å². The van der Waals surface area contributed by atoms with E-state index in [0.29, 0.717) is 0 Å². The number of alkyl halides is 3. The van der Waals surface area contributed by atoms with Gasteiger partial charge in [-0.15, -0.1) is 0 Å². The number of benzene rings is 1. The molecule has 0 aromatic heterocycles. The molecule has 1 aliphatic heterocycles. The van der Waals surface area contributed by atoms with Gasteiger partial charge < -0.3 is 14.2 Å². The molecule has 4 nitrogen and oxygen atoms in total. The third kappa shape index (κ3) is 3.49. The molecule has 1 fully saturated rings. The van der Waals surface area contributed by atoms with Crippen LogP contribution < -0.4 is 0 Å². The molecule has 0 N–H and O–H groups in total. The Kier molecular flexibility index (Phi) is 4.29. The first kappa shape index (κ1) is 14.8. The molecular weight excluding hydrogens is 277 g/mol. The molecule has 1 saturated heterocycles. The average molecular weight is 290 g/mol. The van der Waals surface area contributed by atoms with Gasteiger partial charge in [0.15, 0.2) is 6.29 Å². The fourth-order valence-corrected chi connectivity index (χ4v) is 1.86. The van der Waals surface area contributed by atoms with Gasteiger partial charge in [-0.25, -0.2) is 0 Å². The first-order valence-electron chi connectivity index (χ1n) is 5.91. The van der Waals surface area contributed by atoms with Gasteiger partial charge in [0.25, 0.3) is 0 Å². The molecule has 110 valence electrons. The molecule has 2 rings (SSSR count). The second-order valence-corrected chi connectivity index (χ2v) is 4.33. The lowest BCUT2D eigenvalue weighted by molar-refractivity contribution is -0.143. The van der Waals surface area contributed by atoms with Crippen LogP contribution in [0.15, 0.2) is 24.3 Å². The van der Waals surface area contributed by atoms with E-state index < -0.39 is 30.1 Å². The largest absolute Gasteiger partial charge is 0.469 e. The smallest absolute Gasteiger partial charge is 0.416 e. The van der Waals surface area contributed by atoms with Gasteiger partial charge in [0.1, 0.15) is 0 Å². The van der Waals surface area contributed by atoms with E-state index in [2.05, 4.69) is 4.74 Å². The number of halogens is 3. The van der Waals surface area contributed by atoms with Crippen molar-refractivity contribution in [3.8, 4) is 0 Å². The van der Waals surface area contributed by atoms with Crippen molar-refractivity contribution >= 4 is 5.97 Å². The lowest BCUT2D eigenvalue weighted by Gasteiger charge is -2.13. The fourth-order valence-electron chi connectivity index (χ4n) is 1.86. The van der Waals surface area contributed by atoms with Crippen LogP contribution in [0.2, 0.25) is 0 Å². The Balaban J connectivity index is 2.05. The van der Waals surface area contributed by atoms with Crippen molar-refractivity contribution in [1.82, 2.24) is 0 Å². The molecule has 0 bridgehead atoms. The molecule has 0 spiro atoms. The van der Waals surface area contributed by atoms with Gasteiger partial charge in [0.2, 0.25) is 0 Å². The lowest BCUT2D eigenvalue weighted by atomic mass is 10.1. The summed E-state index contributed by atoms with van der Waals surface area (Å²) in [7, 11) is 1.25. The molecule has 1 aliphatic rings. The van der Waals surface area contributed by atoms with E-state index in [1.165, 1.54) is 19.2 Å². The molecule has 1 heterocycles. The maximum atomic E-state index is 12.6. The zero-order valence-corrected chi connectivity index (χ0v) is 10.6. The van der Waals surface area contributed by atoms with E-state index in [1.54, 1.807) is 0 Å². The first-order valence-corrected chi connectivity index (χ1v) is 5.91. The highest BCUT2D eigenvalue weighted by Crippen LogP contribution is 2.34. The number of carbonyl (C=O) groups is 1. The second kappa shape index (κ2) is 5.80. The Morgan fingerprint density at radius 3 is 2.85 bits per heavy atom. The van der Waals surface area contributed by atoms with Gasteiger partial charge >= 0.3 is 12.1 Å². The summed E-state index contributed by atoms with van der Waals surface area (Å²) in [5.41, 5.74) is -0.495. The predicted molar refractivity (Wildman–Crippen MR) is 61.6 cm³/mol. The number of esters is 1. The molecule has 2 unspecified atom stereocenters. The fraction of sp³-hybridized carbons (Fsp3) is 0.462. The van der Waals surface area contributed by atoms with Crippen molar-refractivity contribution in [1.29, 1.82) is 0 Å². The summed E-state index contributed by atoms with van der Waals surface area (Å²) in [5, 5.41) is 0. The summed E-state index contributed by atoms with van der Waals surface area (Å²) in [6.45, 7) is 0.135. The molecule has 0 amide bonds. The van der Waals surface area contributed by atoms with E-state index in [4.69, 9.17) is 9.47 Å². The number of ether oxygens (including phenoxy) is 3. The summed E-state index contributed by atoms with van der Waals surface area (Å²) in [6, 6.07) is 4.73. The van der Waals surface area contributed by atoms with Crippen LogP contribution >= 0.6 is 0 Å². The zero-order valence-electron chi connectivity index (χ0n) is 10.6. The van der Waals surface area contributed by atoms with Gasteiger partial charge in [0, 0.05) is 5.56 Å². The standard InChI is InChI=1S/C13H13F3O4/c1-18-11(17)6-10-7-19-12(20-10)8-3-2-4-9(5-8)13(14,15)16/h2-5,10,12H,6-7H2,1H3. The summed E-state index contributed by atoms with van der Waals surface area (Å²) >= 11 is 0. The molecule has 0 radical (unpaired) electrons. The summed E-state index contributed by atoms with van der Waals surface area (Å²) in [4.78, 5) is 11.1. The lowest BCUT2D eigenvalue weighted by Crippen LogP contribution is -2.16. The SMILES string of the molecule is COC(=O)CC1COC(c2cccc(C(F)(F)F)c2)O1. The van der Waals surface area contributed by atoms with Crippen LogP contribution in [-0.4, -0.2) is 25.8 Å². The summed E-state index contributed by atoms with van der Waals surface area (Å²) in [6.07, 6.45) is -5.82. The van der Waals surface area contributed by atoms with Crippen molar-refractivity contribution < 1.29 is 32.2 Å². The average Bonchev–Trinajstić information content (AvgIpc) is 2.86. The quantitative estimate of drug-likeness (QED) is 0.803. The maximum Gasteiger partial charge on any atom is 0.416 e. The van der Waals surface area contributed by atoms with Crippen molar-refractivity contribution in [2.24, 2.45) is 0 Å². The predicted octanol–water partition coefficient (Wildman–Crippen LogP) is 2.68. The second-order valence-electron chi connectivity index (χ2n) is 4.33. The van der Waals surface area contributed by atoms with Gasteiger partial charge in [-0.05, 0) is 12.1 Å². The van der Waals surface area contributed by atoms with Crippen LogP contribution in [0, 0.1) is 0 Å². The van der Waals surface area contributed by atoms with Crippen LogP contribution in [0.25, 0.3) is 0 Å². The van der Waals surface area contributed by atoms with E-state index in [9.17, 15) is 18.0 Å². The Labute approximate surface area is 113 Å². The molecule has 20 heavy (non-hydrogen) atoms. The third-order valence-corrected chi connectivity index (χ3v) is 2.86. The molecular formula is C13H13F3O4. The van der Waals surface area contributed by atoms with Gasteiger partial charge in [-0.1, -0.05) is 12.1 Å². The normalized spacial score (nSPS) is 22.8. The number of methoxy groups -OCH3 is 1. The summed E-state index contributed by atoms with van der Waals surface area (Å²) in [5.74, 6) is -0.455. The first-order chi connectivity index (χ1) is 9.40. The van der Waals surface area contributed by atoms with Gasteiger partial charge in [-0.3, -0.25) is 4.79 Å². The van der Waals surface area contributed by atoms with Crippen LogP contribution in [-0.2, 0) is 25.2 Å². The molecule has 2 atom stereocenters. The van der Waals surface area contributed by atoms with Crippen LogP contribution in [0.5, 0.6) is 0 Å². The highest BCUT2D eigenvalue weighted by atomic mass is 19.4. The zero-order chi connectivity index (χ0) is 14.8. The minimum absolute atomic E-state index is 0.00591. The van der Waals surface area contributed by atoms with Crippen molar-refractivity contribution in [3.63, 3.8) is 0 Å². The topological polar surface area (TPSA) is 44.8 Å². The van der Waals surface area contributed by atoms with E-state index in [1.807, 2.05) is 0 Å².